The molecule has 0 N–H and O–H groups in total. The summed E-state index contributed by atoms with van der Waals surface area (Å²) < 4.78 is 44.8. The molecule has 4 heterocycles. The summed E-state index contributed by atoms with van der Waals surface area (Å²) in [5.41, 5.74) is 14.3. The Morgan fingerprint density at radius 2 is 1.09 bits per heavy atom. The van der Waals surface area contributed by atoms with Crippen molar-refractivity contribution in [2.75, 3.05) is 0 Å². The van der Waals surface area contributed by atoms with Gasteiger partial charge < -0.3 is 19.2 Å². The van der Waals surface area contributed by atoms with Gasteiger partial charge in [-0.3, -0.25) is 19.2 Å². The SMILES string of the molecule is Cc1cc[c-]c(-n2[c-][n+](-c3cccc(C)c3)c(C)c2C)c1.Cc1cc[c-]c(-n2[c-][n+](-c3cccc(C)c3)c(C)c2C)c1.FC(F)(F)c1n[n-]c(-c2ccccn2)n1.[Ir]. The molecule has 0 amide bonds. The van der Waals surface area contributed by atoms with Crippen LogP contribution in [-0.2, 0) is 26.3 Å². The molecule has 299 valence electrons. The van der Waals surface area contributed by atoms with Gasteiger partial charge >= 0.3 is 6.18 Å². The van der Waals surface area contributed by atoms with Crippen molar-refractivity contribution in [3.05, 3.63) is 185 Å². The molecule has 0 saturated heterocycles. The van der Waals surface area contributed by atoms with E-state index in [9.17, 15) is 13.2 Å². The van der Waals surface area contributed by atoms with E-state index in [1.54, 1.807) is 12.1 Å². The number of pyridine rings is 1. The van der Waals surface area contributed by atoms with Gasteiger partial charge in [0, 0.05) is 37.7 Å². The molecule has 0 saturated carbocycles. The molecule has 8 rings (SSSR count). The van der Waals surface area contributed by atoms with Crippen molar-refractivity contribution in [2.24, 2.45) is 0 Å². The zero-order chi connectivity index (χ0) is 40.9. The predicted octanol–water partition coefficient (Wildman–Crippen LogP) is 8.69. The molecule has 12 heteroatoms. The maximum Gasteiger partial charge on any atom is 0.429 e. The second kappa shape index (κ2) is 18.5. The Morgan fingerprint density at radius 1 is 0.603 bits per heavy atom. The van der Waals surface area contributed by atoms with Crippen LogP contribution in [0.25, 0.3) is 34.3 Å². The van der Waals surface area contributed by atoms with E-state index in [2.05, 4.69) is 191 Å². The van der Waals surface area contributed by atoms with Gasteiger partial charge in [0.05, 0.1) is 28.5 Å². The molecule has 0 aliphatic heterocycles. The van der Waals surface area contributed by atoms with Gasteiger partial charge in [-0.15, -0.1) is 0 Å². The molecule has 0 unspecified atom stereocenters. The van der Waals surface area contributed by atoms with Crippen molar-refractivity contribution in [2.45, 2.75) is 61.6 Å². The van der Waals surface area contributed by atoms with Gasteiger partial charge in [-0.1, -0.05) is 55.3 Å². The topological polar surface area (TPSA) is 70.4 Å². The Kier molecular flexibility index (Phi) is 13.8. The van der Waals surface area contributed by atoms with Crippen molar-refractivity contribution in [3.63, 3.8) is 0 Å². The van der Waals surface area contributed by atoms with Gasteiger partial charge in [-0.25, -0.2) is 0 Å². The van der Waals surface area contributed by atoms with Gasteiger partial charge in [0.1, 0.15) is 5.82 Å². The van der Waals surface area contributed by atoms with Crippen LogP contribution in [0.2, 0.25) is 0 Å². The molecule has 0 aliphatic carbocycles. The predicted molar refractivity (Wildman–Crippen MR) is 211 cm³/mol. The second-order valence-electron chi connectivity index (χ2n) is 13.7. The van der Waals surface area contributed by atoms with Crippen molar-refractivity contribution in [1.29, 1.82) is 0 Å². The normalized spacial score (nSPS) is 10.9. The van der Waals surface area contributed by atoms with E-state index in [4.69, 9.17) is 0 Å². The summed E-state index contributed by atoms with van der Waals surface area (Å²) >= 11 is 0. The largest absolute Gasteiger partial charge is 0.429 e. The van der Waals surface area contributed by atoms with E-state index in [0.29, 0.717) is 0 Å². The van der Waals surface area contributed by atoms with Crippen LogP contribution in [0.15, 0.2) is 109 Å². The summed E-state index contributed by atoms with van der Waals surface area (Å²) in [4.78, 5) is 7.05. The van der Waals surface area contributed by atoms with Crippen LogP contribution >= 0.6 is 0 Å². The van der Waals surface area contributed by atoms with Crippen molar-refractivity contribution < 1.29 is 42.4 Å². The first-order valence-corrected chi connectivity index (χ1v) is 18.2. The van der Waals surface area contributed by atoms with Crippen molar-refractivity contribution >= 4 is 0 Å². The third-order valence-corrected chi connectivity index (χ3v) is 9.27. The van der Waals surface area contributed by atoms with E-state index in [0.717, 1.165) is 22.7 Å². The number of hydrogen-bond donors (Lipinski definition) is 0. The zero-order valence-electron chi connectivity index (χ0n) is 33.4. The zero-order valence-corrected chi connectivity index (χ0v) is 35.8. The Hall–Kier alpha value is -5.97. The van der Waals surface area contributed by atoms with Crippen LogP contribution in [0.1, 0.15) is 50.9 Å². The van der Waals surface area contributed by atoms with E-state index in [1.165, 1.54) is 57.3 Å². The Labute approximate surface area is 351 Å². The molecule has 4 aromatic heterocycles. The van der Waals surface area contributed by atoms with Gasteiger partial charge in [0.15, 0.2) is 0 Å². The Morgan fingerprint density at radius 3 is 1.48 bits per heavy atom. The fraction of sp³-hybridized carbons (Fsp3) is 0.196. The monoisotopic (exact) mass is 956 g/mol. The van der Waals surface area contributed by atoms with E-state index in [1.807, 2.05) is 12.1 Å². The molecule has 8 aromatic rings. The number of hydrogen-bond acceptors (Lipinski definition) is 3. The number of rotatable bonds is 5. The van der Waals surface area contributed by atoms with E-state index >= 15 is 0 Å². The minimum Gasteiger partial charge on any atom is -0.413 e. The van der Waals surface area contributed by atoms with Gasteiger partial charge in [0.2, 0.25) is 0 Å². The Balaban J connectivity index is 0.000000167. The van der Waals surface area contributed by atoms with Crippen LogP contribution in [0.5, 0.6) is 0 Å². The van der Waals surface area contributed by atoms with Crippen LogP contribution < -0.4 is 14.2 Å². The number of nitrogens with zero attached hydrogens (tertiary/aromatic N) is 8. The number of imidazole rings is 2. The van der Waals surface area contributed by atoms with Crippen LogP contribution in [0, 0.1) is 80.2 Å². The third kappa shape index (κ3) is 10.1. The number of alkyl halides is 3. The minimum atomic E-state index is -4.57. The van der Waals surface area contributed by atoms with Crippen LogP contribution in [-0.4, -0.2) is 24.2 Å². The number of benzene rings is 4. The first-order valence-electron chi connectivity index (χ1n) is 18.2. The summed E-state index contributed by atoms with van der Waals surface area (Å²) in [7, 11) is 0. The summed E-state index contributed by atoms with van der Waals surface area (Å²) in [6.07, 6.45) is 3.75. The third-order valence-electron chi connectivity index (χ3n) is 9.27. The fourth-order valence-electron chi connectivity index (χ4n) is 6.00. The van der Waals surface area contributed by atoms with E-state index in [-0.39, 0.29) is 31.6 Å². The molecule has 0 fully saturated rings. The second-order valence-corrected chi connectivity index (χ2v) is 13.7. The maximum atomic E-state index is 12.1. The summed E-state index contributed by atoms with van der Waals surface area (Å²) in [6.45, 7) is 16.9. The van der Waals surface area contributed by atoms with Gasteiger partial charge in [-0.2, -0.15) is 72.8 Å². The molecule has 58 heavy (non-hydrogen) atoms. The molecule has 0 spiro atoms. The molecular weight excluding hydrogens is 914 g/mol. The summed E-state index contributed by atoms with van der Waals surface area (Å²) in [6, 6.07) is 40.6. The average molecular weight is 956 g/mol. The number of aromatic nitrogens is 8. The summed E-state index contributed by atoms with van der Waals surface area (Å²) in [5, 5.41) is 6.25. The first kappa shape index (κ1) is 43.2. The van der Waals surface area contributed by atoms with Gasteiger partial charge in [0.25, 0.3) is 12.7 Å². The molecule has 0 aliphatic rings. The minimum absolute atomic E-state index is 0. The van der Waals surface area contributed by atoms with Crippen LogP contribution in [0.3, 0.4) is 0 Å². The van der Waals surface area contributed by atoms with Crippen LogP contribution in [0.4, 0.5) is 13.2 Å². The molecule has 0 bridgehead atoms. The fourth-order valence-corrected chi connectivity index (χ4v) is 6.00. The summed E-state index contributed by atoms with van der Waals surface area (Å²) in [5.74, 6) is -1.37. The number of aryl methyl sites for hydroxylation is 4. The average Bonchev–Trinajstić information content (AvgIpc) is 3.89. The smallest absolute Gasteiger partial charge is 0.413 e. The molecule has 4 aromatic carbocycles. The standard InChI is InChI=1S/2C19H19N2.C8H4F3N4.Ir/c2*1-14-7-5-9-18(11-14)20-13-21(17(4)16(20)3)19-10-6-8-15(2)12-19;9-8(10,11)7-13-6(14-15-7)5-3-1-2-4-12-5;/h2*5-9,11-12H,1-4H3;1-4H;/q3*-1;. The van der Waals surface area contributed by atoms with Crippen molar-refractivity contribution in [3.8, 4) is 34.3 Å². The molecule has 1 radical (unpaired) electrons. The maximum absolute atomic E-state index is 12.1. The molecular formula is C46H42F3IrN8-3. The first-order chi connectivity index (χ1) is 27.2. The molecule has 0 atom stereocenters. The quantitative estimate of drug-likeness (QED) is 0.128. The Bertz CT molecular complexity index is 2350. The van der Waals surface area contributed by atoms with Crippen molar-refractivity contribution in [1.82, 2.24) is 29.3 Å². The number of halogens is 3. The van der Waals surface area contributed by atoms with Gasteiger partial charge in [-0.05, 0) is 95.1 Å². The molecule has 8 nitrogen and oxygen atoms in total. The van der Waals surface area contributed by atoms with E-state index < -0.39 is 12.0 Å².